The molecule has 0 aromatic heterocycles. The van der Waals surface area contributed by atoms with Gasteiger partial charge in [-0.15, -0.1) is 0 Å². The number of nitrogens with one attached hydrogen (secondary N) is 2. The molecule has 0 aliphatic heterocycles. The molecule has 112 valence electrons. The number of urea groups is 1. The second kappa shape index (κ2) is 9.23. The number of amides is 2. The van der Waals surface area contributed by atoms with E-state index in [0.717, 1.165) is 18.6 Å². The third-order valence-electron chi connectivity index (χ3n) is 2.97. The van der Waals surface area contributed by atoms with Crippen molar-refractivity contribution < 1.29 is 9.53 Å². The molecule has 2 amide bonds. The highest BCUT2D eigenvalue weighted by Gasteiger charge is 2.00. The van der Waals surface area contributed by atoms with Crippen molar-refractivity contribution in [2.45, 2.75) is 33.6 Å². The van der Waals surface area contributed by atoms with Gasteiger partial charge in [0.15, 0.2) is 0 Å². The van der Waals surface area contributed by atoms with Crippen LogP contribution >= 0.6 is 0 Å². The van der Waals surface area contributed by atoms with Crippen molar-refractivity contribution in [2.75, 3.05) is 19.7 Å². The number of rotatable bonds is 8. The normalized spacial score (nSPS) is 10.4. The van der Waals surface area contributed by atoms with Gasteiger partial charge >= 0.3 is 6.03 Å². The summed E-state index contributed by atoms with van der Waals surface area (Å²) in [7, 11) is 0. The molecule has 0 saturated carbocycles. The van der Waals surface area contributed by atoms with Crippen molar-refractivity contribution in [2.24, 2.45) is 5.92 Å². The van der Waals surface area contributed by atoms with Gasteiger partial charge in [-0.05, 0) is 36.5 Å². The molecule has 1 aromatic rings. The largest absolute Gasteiger partial charge is 0.492 e. The molecule has 0 heterocycles. The Bertz CT molecular complexity index is 405. The lowest BCUT2D eigenvalue weighted by Gasteiger charge is -2.10. The molecule has 0 atom stereocenters. The number of carbonyl (C=O) groups is 1. The maximum Gasteiger partial charge on any atom is 0.314 e. The van der Waals surface area contributed by atoms with E-state index >= 15 is 0 Å². The van der Waals surface area contributed by atoms with Crippen molar-refractivity contribution in [3.05, 3.63) is 29.8 Å². The third kappa shape index (κ3) is 7.02. The van der Waals surface area contributed by atoms with Gasteiger partial charge in [0.05, 0.1) is 6.54 Å². The molecule has 0 aliphatic rings. The maximum absolute atomic E-state index is 11.5. The van der Waals surface area contributed by atoms with Crippen molar-refractivity contribution in [1.82, 2.24) is 10.6 Å². The first kappa shape index (κ1) is 16.3. The smallest absolute Gasteiger partial charge is 0.314 e. The summed E-state index contributed by atoms with van der Waals surface area (Å²) in [5, 5.41) is 5.61. The Labute approximate surface area is 121 Å². The molecular formula is C16H26N2O2. The number of hydrogen-bond acceptors (Lipinski definition) is 2. The van der Waals surface area contributed by atoms with Crippen molar-refractivity contribution in [3.8, 4) is 5.75 Å². The van der Waals surface area contributed by atoms with Crippen LogP contribution in [0.5, 0.6) is 5.75 Å². The molecule has 0 aliphatic carbocycles. The molecule has 4 heteroatoms. The van der Waals surface area contributed by atoms with Crippen LogP contribution < -0.4 is 15.4 Å². The molecule has 0 fully saturated rings. The van der Waals surface area contributed by atoms with Crippen LogP contribution in [-0.4, -0.2) is 25.7 Å². The Morgan fingerprint density at radius 3 is 2.70 bits per heavy atom. The first-order chi connectivity index (χ1) is 9.61. The summed E-state index contributed by atoms with van der Waals surface area (Å²) in [6, 6.07) is 7.90. The summed E-state index contributed by atoms with van der Waals surface area (Å²) in [5.74, 6) is 1.45. The highest BCUT2D eigenvalue weighted by molar-refractivity contribution is 5.73. The van der Waals surface area contributed by atoms with E-state index in [2.05, 4.69) is 37.5 Å². The zero-order valence-corrected chi connectivity index (χ0v) is 12.7. The van der Waals surface area contributed by atoms with Crippen LogP contribution in [-0.2, 0) is 6.42 Å². The Kier molecular flexibility index (Phi) is 7.55. The van der Waals surface area contributed by atoms with Gasteiger partial charge in [0.1, 0.15) is 12.4 Å². The van der Waals surface area contributed by atoms with E-state index in [-0.39, 0.29) is 6.03 Å². The van der Waals surface area contributed by atoms with Crippen molar-refractivity contribution in [1.29, 1.82) is 0 Å². The SMILES string of the molecule is CCc1cccc(OCCNC(=O)NCCC(C)C)c1. The van der Waals surface area contributed by atoms with E-state index < -0.39 is 0 Å². The van der Waals surface area contributed by atoms with Gasteiger partial charge in [-0.2, -0.15) is 0 Å². The maximum atomic E-state index is 11.5. The van der Waals surface area contributed by atoms with Gasteiger partial charge in [-0.1, -0.05) is 32.9 Å². The quantitative estimate of drug-likeness (QED) is 0.718. The van der Waals surface area contributed by atoms with Crippen LogP contribution in [0.1, 0.15) is 32.8 Å². The molecule has 0 saturated heterocycles. The zero-order chi connectivity index (χ0) is 14.8. The summed E-state index contributed by atoms with van der Waals surface area (Å²) in [6.07, 6.45) is 1.99. The molecule has 20 heavy (non-hydrogen) atoms. The summed E-state index contributed by atoms with van der Waals surface area (Å²) >= 11 is 0. The summed E-state index contributed by atoms with van der Waals surface area (Å²) in [5.41, 5.74) is 1.25. The third-order valence-corrected chi connectivity index (χ3v) is 2.97. The van der Waals surface area contributed by atoms with Crippen molar-refractivity contribution in [3.63, 3.8) is 0 Å². The average molecular weight is 278 g/mol. The van der Waals surface area contributed by atoms with Crippen LogP contribution in [0, 0.1) is 5.92 Å². The number of carbonyl (C=O) groups excluding carboxylic acids is 1. The topological polar surface area (TPSA) is 50.4 Å². The van der Waals surface area contributed by atoms with Crippen LogP contribution in [0.15, 0.2) is 24.3 Å². The van der Waals surface area contributed by atoms with Gasteiger partial charge in [-0.3, -0.25) is 0 Å². The molecule has 0 spiro atoms. The predicted molar refractivity (Wildman–Crippen MR) is 82.2 cm³/mol. The van der Waals surface area contributed by atoms with Gasteiger partial charge in [0.2, 0.25) is 0 Å². The molecule has 1 aromatic carbocycles. The highest BCUT2D eigenvalue weighted by Crippen LogP contribution is 2.13. The first-order valence-corrected chi connectivity index (χ1v) is 7.35. The highest BCUT2D eigenvalue weighted by atomic mass is 16.5. The van der Waals surface area contributed by atoms with Gasteiger partial charge in [-0.25, -0.2) is 4.79 Å². The van der Waals surface area contributed by atoms with Gasteiger partial charge in [0, 0.05) is 6.54 Å². The molecule has 0 radical (unpaired) electrons. The fourth-order valence-corrected chi connectivity index (χ4v) is 1.73. The van der Waals surface area contributed by atoms with E-state index in [1.807, 2.05) is 18.2 Å². The molecular weight excluding hydrogens is 252 g/mol. The Morgan fingerprint density at radius 2 is 2.00 bits per heavy atom. The lowest BCUT2D eigenvalue weighted by atomic mass is 10.1. The van der Waals surface area contributed by atoms with Gasteiger partial charge in [0.25, 0.3) is 0 Å². The second-order valence-electron chi connectivity index (χ2n) is 5.21. The lowest BCUT2D eigenvalue weighted by molar-refractivity contribution is 0.236. The zero-order valence-electron chi connectivity index (χ0n) is 12.7. The minimum atomic E-state index is -0.128. The number of hydrogen-bond donors (Lipinski definition) is 2. The average Bonchev–Trinajstić information content (AvgIpc) is 2.43. The second-order valence-corrected chi connectivity index (χ2v) is 5.21. The van der Waals surface area contributed by atoms with E-state index in [4.69, 9.17) is 4.74 Å². The number of benzene rings is 1. The first-order valence-electron chi connectivity index (χ1n) is 7.35. The fourth-order valence-electron chi connectivity index (χ4n) is 1.73. The molecule has 2 N–H and O–H groups in total. The molecule has 0 unspecified atom stereocenters. The van der Waals surface area contributed by atoms with E-state index in [1.165, 1.54) is 5.56 Å². The summed E-state index contributed by atoms with van der Waals surface area (Å²) in [6.45, 7) is 8.08. The number of aryl methyl sites for hydroxylation is 1. The Morgan fingerprint density at radius 1 is 1.25 bits per heavy atom. The minimum Gasteiger partial charge on any atom is -0.492 e. The van der Waals surface area contributed by atoms with Crippen LogP contribution in [0.25, 0.3) is 0 Å². The standard InChI is InChI=1S/C16H26N2O2/c1-4-14-6-5-7-15(12-14)20-11-10-18-16(19)17-9-8-13(2)3/h5-7,12-13H,4,8-11H2,1-3H3,(H2,17,18,19). The monoisotopic (exact) mass is 278 g/mol. The fraction of sp³-hybridized carbons (Fsp3) is 0.562. The molecule has 1 rings (SSSR count). The summed E-state index contributed by atoms with van der Waals surface area (Å²) < 4.78 is 5.60. The van der Waals surface area contributed by atoms with E-state index in [1.54, 1.807) is 0 Å². The Balaban J connectivity index is 2.13. The molecule has 0 bridgehead atoms. The minimum absolute atomic E-state index is 0.128. The van der Waals surface area contributed by atoms with E-state index in [9.17, 15) is 4.79 Å². The van der Waals surface area contributed by atoms with Crippen LogP contribution in [0.2, 0.25) is 0 Å². The van der Waals surface area contributed by atoms with Crippen LogP contribution in [0.3, 0.4) is 0 Å². The van der Waals surface area contributed by atoms with Crippen LogP contribution in [0.4, 0.5) is 4.79 Å². The Hall–Kier alpha value is -1.71. The molecule has 4 nitrogen and oxygen atoms in total. The lowest BCUT2D eigenvalue weighted by Crippen LogP contribution is -2.38. The number of ether oxygens (including phenoxy) is 1. The van der Waals surface area contributed by atoms with E-state index in [0.29, 0.717) is 25.6 Å². The van der Waals surface area contributed by atoms with Crippen molar-refractivity contribution >= 4 is 6.03 Å². The van der Waals surface area contributed by atoms with Gasteiger partial charge < -0.3 is 15.4 Å². The summed E-state index contributed by atoms with van der Waals surface area (Å²) in [4.78, 5) is 11.5. The predicted octanol–water partition coefficient (Wildman–Crippen LogP) is 2.97.